The van der Waals surface area contributed by atoms with Crippen LogP contribution < -0.4 is 15.4 Å². The molecule has 11 nitrogen and oxygen atoms in total. The lowest BCUT2D eigenvalue weighted by Gasteiger charge is -2.33. The zero-order chi connectivity index (χ0) is 37.1. The third-order valence-corrected chi connectivity index (χ3v) is 10.7. The van der Waals surface area contributed by atoms with Crippen LogP contribution in [0.2, 0.25) is 5.02 Å². The van der Waals surface area contributed by atoms with Crippen LogP contribution in [-0.2, 0) is 37.0 Å². The van der Waals surface area contributed by atoms with Gasteiger partial charge in [0.25, 0.3) is 5.91 Å². The van der Waals surface area contributed by atoms with Crippen molar-refractivity contribution in [2.45, 2.75) is 76.5 Å². The quantitative estimate of drug-likeness (QED) is 0.151. The SMILES string of the molecule is C=C1CN2CCC[C@]2(COc2nc3c(c(N4CCCn5nc(C(=O)N(C)C)c(Cl)c5C4)n2)CO[C@@H](c2c(F)c(N)cc(C#CC)c2C(F)(F)F)C3)C1. The minimum atomic E-state index is -4.95. The number of nitrogens with zero attached hydrogens (tertiary/aromatic N) is 7. The second-order valence-electron chi connectivity index (χ2n) is 14.0. The standard InChI is InChI=1S/C36H39ClF4N8O3/c1-5-8-21-13-23(42)30(38)27(28(21)36(39,40)41)26-14-24-22(18-51-26)32(44-34(43-24)52-19-35-9-6-11-48(35)16-20(2)15-35)47-10-7-12-49-25(17-47)29(37)31(45-49)33(50)46(3)4/h13,26H,2,6-7,9-12,14-19,42H2,1,3-4H3/t26-,35-/m1/s1. The van der Waals surface area contributed by atoms with Crippen LogP contribution in [-0.4, -0.2) is 81.3 Å². The molecule has 1 amide bonds. The van der Waals surface area contributed by atoms with E-state index in [9.17, 15) is 18.0 Å². The molecule has 2 N–H and O–H groups in total. The number of rotatable bonds is 6. The molecular weight excluding hydrogens is 704 g/mol. The summed E-state index contributed by atoms with van der Waals surface area (Å²) < 4.78 is 73.7. The molecule has 0 spiro atoms. The summed E-state index contributed by atoms with van der Waals surface area (Å²) in [7, 11) is 3.24. The molecule has 52 heavy (non-hydrogen) atoms. The molecule has 0 aliphatic carbocycles. The molecule has 276 valence electrons. The number of aromatic nitrogens is 4. The Hall–Kier alpha value is -4.39. The number of fused-ring (bicyclic) bond motifs is 3. The highest BCUT2D eigenvalue weighted by molar-refractivity contribution is 6.34. The molecule has 0 bridgehead atoms. The van der Waals surface area contributed by atoms with E-state index in [2.05, 4.69) is 28.4 Å². The Morgan fingerprint density at radius 3 is 2.75 bits per heavy atom. The number of aryl methyl sites for hydroxylation is 1. The highest BCUT2D eigenvalue weighted by atomic mass is 35.5. The first kappa shape index (κ1) is 36.0. The largest absolute Gasteiger partial charge is 0.461 e. The van der Waals surface area contributed by atoms with Gasteiger partial charge in [0.2, 0.25) is 0 Å². The maximum atomic E-state index is 15.7. The molecule has 0 unspecified atom stereocenters. The van der Waals surface area contributed by atoms with Crippen molar-refractivity contribution in [3.8, 4) is 17.9 Å². The number of benzene rings is 1. The van der Waals surface area contributed by atoms with Crippen molar-refractivity contribution < 1.29 is 31.8 Å². The van der Waals surface area contributed by atoms with Crippen LogP contribution in [0.25, 0.3) is 0 Å². The maximum absolute atomic E-state index is 15.7. The molecule has 2 aromatic heterocycles. The van der Waals surface area contributed by atoms with E-state index in [1.165, 1.54) is 11.8 Å². The summed E-state index contributed by atoms with van der Waals surface area (Å²) in [4.78, 5) is 28.2. The lowest BCUT2D eigenvalue weighted by molar-refractivity contribution is -0.140. The Morgan fingerprint density at radius 2 is 2.02 bits per heavy atom. The first-order valence-electron chi connectivity index (χ1n) is 17.1. The van der Waals surface area contributed by atoms with Gasteiger partial charge in [-0.3, -0.25) is 14.4 Å². The fraction of sp³-hybridized carbons (Fsp3) is 0.500. The van der Waals surface area contributed by atoms with Crippen molar-refractivity contribution in [1.82, 2.24) is 29.5 Å². The third kappa shape index (κ3) is 6.34. The van der Waals surface area contributed by atoms with E-state index >= 15 is 4.39 Å². The highest BCUT2D eigenvalue weighted by Crippen LogP contribution is 2.45. The molecule has 3 aromatic rings. The van der Waals surface area contributed by atoms with Gasteiger partial charge in [-0.05, 0) is 45.2 Å². The third-order valence-electron chi connectivity index (χ3n) is 10.3. The molecule has 6 heterocycles. The van der Waals surface area contributed by atoms with Crippen LogP contribution >= 0.6 is 11.6 Å². The summed E-state index contributed by atoms with van der Waals surface area (Å²) in [5.41, 5.74) is 5.56. The predicted octanol–water partition coefficient (Wildman–Crippen LogP) is 5.54. The molecule has 16 heteroatoms. The topological polar surface area (TPSA) is 115 Å². The molecule has 4 aliphatic rings. The van der Waals surface area contributed by atoms with Crippen molar-refractivity contribution in [2.24, 2.45) is 0 Å². The summed E-state index contributed by atoms with van der Waals surface area (Å²) in [6, 6.07) is 0.944. The van der Waals surface area contributed by atoms with Gasteiger partial charge in [-0.2, -0.15) is 28.2 Å². The van der Waals surface area contributed by atoms with Gasteiger partial charge in [-0.1, -0.05) is 29.7 Å². The van der Waals surface area contributed by atoms with Gasteiger partial charge in [0, 0.05) is 56.8 Å². The van der Waals surface area contributed by atoms with Gasteiger partial charge in [-0.15, -0.1) is 5.92 Å². The van der Waals surface area contributed by atoms with Crippen molar-refractivity contribution >= 4 is 29.0 Å². The van der Waals surface area contributed by atoms with Crippen LogP contribution in [0.3, 0.4) is 0 Å². The zero-order valence-electron chi connectivity index (χ0n) is 29.2. The molecule has 2 saturated heterocycles. The molecule has 7 rings (SSSR count). The number of hydrogen-bond donors (Lipinski definition) is 1. The number of anilines is 2. The Balaban J connectivity index is 1.30. The molecule has 1 aromatic carbocycles. The van der Waals surface area contributed by atoms with Crippen LogP contribution in [0, 0.1) is 17.7 Å². The van der Waals surface area contributed by atoms with Gasteiger partial charge < -0.3 is 25.0 Å². The van der Waals surface area contributed by atoms with E-state index in [4.69, 9.17) is 36.8 Å². The lowest BCUT2D eigenvalue weighted by atomic mass is 9.91. The number of halogens is 5. The van der Waals surface area contributed by atoms with Gasteiger partial charge in [0.1, 0.15) is 12.4 Å². The monoisotopic (exact) mass is 742 g/mol. The van der Waals surface area contributed by atoms with Crippen molar-refractivity contribution in [3.63, 3.8) is 0 Å². The first-order valence-corrected chi connectivity index (χ1v) is 17.5. The number of amides is 1. The molecule has 2 atom stereocenters. The van der Waals surface area contributed by atoms with E-state index in [-0.39, 0.29) is 47.7 Å². The minimum absolute atomic E-state index is 0.0436. The Bertz CT molecular complexity index is 2020. The smallest absolute Gasteiger partial charge is 0.418 e. The van der Waals surface area contributed by atoms with E-state index in [0.29, 0.717) is 48.9 Å². The van der Waals surface area contributed by atoms with Crippen LogP contribution in [0.1, 0.15) is 82.8 Å². The molecule has 0 radical (unpaired) electrons. The second kappa shape index (κ2) is 13.5. The average Bonchev–Trinajstić information content (AvgIpc) is 3.66. The minimum Gasteiger partial charge on any atom is -0.461 e. The Morgan fingerprint density at radius 1 is 1.23 bits per heavy atom. The predicted molar refractivity (Wildman–Crippen MR) is 185 cm³/mol. The number of carbonyl (C=O) groups excluding carboxylic acids is 1. The zero-order valence-corrected chi connectivity index (χ0v) is 29.9. The number of nitrogen functional groups attached to an aromatic ring is 1. The summed E-state index contributed by atoms with van der Waals surface area (Å²) in [6.07, 6.45) is -3.22. The van der Waals surface area contributed by atoms with E-state index in [1.54, 1.807) is 18.8 Å². The second-order valence-corrected chi connectivity index (χ2v) is 14.4. The fourth-order valence-corrected chi connectivity index (χ4v) is 8.22. The number of hydrogen-bond acceptors (Lipinski definition) is 9. The van der Waals surface area contributed by atoms with E-state index in [1.807, 2.05) is 4.90 Å². The number of alkyl halides is 3. The van der Waals surface area contributed by atoms with Crippen LogP contribution in [0.15, 0.2) is 18.2 Å². The molecular formula is C36H39ClF4N8O3. The summed E-state index contributed by atoms with van der Waals surface area (Å²) in [5.74, 6) is 3.80. The summed E-state index contributed by atoms with van der Waals surface area (Å²) >= 11 is 6.77. The summed E-state index contributed by atoms with van der Waals surface area (Å²) in [5, 5.41) is 4.73. The molecule has 4 aliphatic heterocycles. The van der Waals surface area contributed by atoms with Crippen LogP contribution in [0.5, 0.6) is 6.01 Å². The highest BCUT2D eigenvalue weighted by Gasteiger charge is 2.47. The number of carbonyl (C=O) groups is 1. The summed E-state index contributed by atoms with van der Waals surface area (Å²) in [6.45, 7) is 8.59. The number of ether oxygens (including phenoxy) is 2. The normalized spacial score (nSPS) is 21.6. The average molecular weight is 743 g/mol. The lowest BCUT2D eigenvalue weighted by Crippen LogP contribution is -2.43. The maximum Gasteiger partial charge on any atom is 0.418 e. The van der Waals surface area contributed by atoms with Gasteiger partial charge >= 0.3 is 12.2 Å². The Kier molecular flexibility index (Phi) is 9.37. The van der Waals surface area contributed by atoms with Crippen molar-refractivity contribution in [2.75, 3.05) is 51.0 Å². The van der Waals surface area contributed by atoms with Crippen molar-refractivity contribution in [1.29, 1.82) is 0 Å². The van der Waals surface area contributed by atoms with Crippen LogP contribution in [0.4, 0.5) is 29.1 Å². The molecule has 2 fully saturated rings. The van der Waals surface area contributed by atoms with E-state index < -0.39 is 40.5 Å². The van der Waals surface area contributed by atoms with Gasteiger partial charge in [0.15, 0.2) is 11.5 Å². The number of nitrogens with two attached hydrogens (primary N) is 1. The van der Waals surface area contributed by atoms with Gasteiger partial charge in [0.05, 0.1) is 52.5 Å². The molecule has 0 saturated carbocycles. The fourth-order valence-electron chi connectivity index (χ4n) is 7.94. The first-order chi connectivity index (χ1) is 24.7. The van der Waals surface area contributed by atoms with Gasteiger partial charge in [-0.25, -0.2) is 4.39 Å². The van der Waals surface area contributed by atoms with Crippen molar-refractivity contribution in [3.05, 3.63) is 68.4 Å². The Labute approximate surface area is 303 Å². The van der Waals surface area contributed by atoms with E-state index in [0.717, 1.165) is 44.0 Å².